The van der Waals surface area contributed by atoms with E-state index in [1.165, 1.54) is 12.7 Å². The Kier molecular flexibility index (Phi) is 5.27. The molecule has 21 heavy (non-hydrogen) atoms. The van der Waals surface area contributed by atoms with Crippen molar-refractivity contribution in [3.8, 4) is 5.75 Å². The number of hydrogen-bond acceptors (Lipinski definition) is 3. The number of ether oxygens (including phenoxy) is 2. The van der Waals surface area contributed by atoms with Crippen molar-refractivity contribution in [2.24, 2.45) is 11.8 Å². The van der Waals surface area contributed by atoms with Gasteiger partial charge in [-0.1, -0.05) is 19.1 Å². The topological polar surface area (TPSA) is 35.5 Å². The monoisotopic (exact) mass is 290 g/mol. The maximum absolute atomic E-state index is 11.5. The lowest BCUT2D eigenvalue weighted by Gasteiger charge is -2.16. The van der Waals surface area contributed by atoms with Crippen LogP contribution in [-0.2, 0) is 9.53 Å². The molecular weight excluding hydrogens is 264 g/mol. The van der Waals surface area contributed by atoms with Crippen LogP contribution in [0.15, 0.2) is 24.3 Å². The highest BCUT2D eigenvalue weighted by Crippen LogP contribution is 2.46. The van der Waals surface area contributed by atoms with Crippen LogP contribution in [0, 0.1) is 11.8 Å². The maximum atomic E-state index is 11.5. The van der Waals surface area contributed by atoms with Crippen LogP contribution in [0.2, 0.25) is 0 Å². The highest BCUT2D eigenvalue weighted by Gasteiger charge is 2.44. The molecule has 0 heterocycles. The summed E-state index contributed by atoms with van der Waals surface area (Å²) in [4.78, 5) is 11.5. The third-order valence-corrected chi connectivity index (χ3v) is 4.23. The molecule has 0 radical (unpaired) electrons. The first-order valence-electron chi connectivity index (χ1n) is 7.89. The van der Waals surface area contributed by atoms with Gasteiger partial charge in [0.2, 0.25) is 0 Å². The zero-order valence-electron chi connectivity index (χ0n) is 13.5. The molecule has 0 aliphatic heterocycles. The molecule has 1 aliphatic rings. The molecule has 0 aromatic heterocycles. The van der Waals surface area contributed by atoms with E-state index >= 15 is 0 Å². The van der Waals surface area contributed by atoms with Crippen LogP contribution in [-0.4, -0.2) is 19.2 Å². The van der Waals surface area contributed by atoms with Gasteiger partial charge in [-0.3, -0.25) is 4.79 Å². The summed E-state index contributed by atoms with van der Waals surface area (Å²) in [6, 6.07) is 8.40. The van der Waals surface area contributed by atoms with Crippen molar-refractivity contribution < 1.29 is 14.3 Å². The van der Waals surface area contributed by atoms with Crippen LogP contribution in [0.1, 0.15) is 51.5 Å². The van der Waals surface area contributed by atoms with Gasteiger partial charge in [-0.2, -0.15) is 0 Å². The normalized spacial score (nSPS) is 22.0. The van der Waals surface area contributed by atoms with Gasteiger partial charge in [-0.25, -0.2) is 0 Å². The predicted octanol–water partition coefficient (Wildman–Crippen LogP) is 4.17. The van der Waals surface area contributed by atoms with Crippen LogP contribution in [0.25, 0.3) is 0 Å². The molecule has 0 N–H and O–H groups in total. The molecule has 1 aromatic carbocycles. The standard InChI is InChI=1S/C18H26O3/c1-5-13(10-15-11-17(15)18(19)20-4)14-6-8-16(9-7-14)21-12(2)3/h6-9,12-13,15,17H,5,10-11H2,1-4H3. The molecular formula is C18H26O3. The van der Waals surface area contributed by atoms with Crippen molar-refractivity contribution in [3.63, 3.8) is 0 Å². The Morgan fingerprint density at radius 1 is 1.29 bits per heavy atom. The highest BCUT2D eigenvalue weighted by atomic mass is 16.5. The van der Waals surface area contributed by atoms with Crippen LogP contribution < -0.4 is 4.74 Å². The van der Waals surface area contributed by atoms with Gasteiger partial charge < -0.3 is 9.47 Å². The smallest absolute Gasteiger partial charge is 0.308 e. The molecule has 2 rings (SSSR count). The number of esters is 1. The summed E-state index contributed by atoms with van der Waals surface area (Å²) in [6.07, 6.45) is 3.35. The Bertz CT molecular complexity index is 464. The van der Waals surface area contributed by atoms with Gasteiger partial charge in [0.15, 0.2) is 0 Å². The van der Waals surface area contributed by atoms with E-state index in [9.17, 15) is 4.79 Å². The second-order valence-corrected chi connectivity index (χ2v) is 6.20. The third kappa shape index (κ3) is 4.23. The summed E-state index contributed by atoms with van der Waals surface area (Å²) < 4.78 is 10.5. The number of carbonyl (C=O) groups excluding carboxylic acids is 1. The number of hydrogen-bond donors (Lipinski definition) is 0. The first-order valence-corrected chi connectivity index (χ1v) is 7.89. The quantitative estimate of drug-likeness (QED) is 0.707. The predicted molar refractivity (Wildman–Crippen MR) is 83.5 cm³/mol. The Labute approximate surface area is 127 Å². The molecule has 1 aliphatic carbocycles. The van der Waals surface area contributed by atoms with Crippen LogP contribution >= 0.6 is 0 Å². The van der Waals surface area contributed by atoms with E-state index < -0.39 is 0 Å². The molecule has 1 aromatic rings. The van der Waals surface area contributed by atoms with Gasteiger partial charge in [0.1, 0.15) is 5.75 Å². The average molecular weight is 290 g/mol. The SMILES string of the molecule is CCC(CC1CC1C(=O)OC)c1ccc(OC(C)C)cc1. The molecule has 3 nitrogen and oxygen atoms in total. The molecule has 0 saturated heterocycles. The number of rotatable bonds is 7. The molecule has 3 unspecified atom stereocenters. The van der Waals surface area contributed by atoms with E-state index in [1.807, 2.05) is 26.0 Å². The highest BCUT2D eigenvalue weighted by molar-refractivity contribution is 5.75. The summed E-state index contributed by atoms with van der Waals surface area (Å²) in [5.74, 6) is 2.01. The minimum Gasteiger partial charge on any atom is -0.491 e. The summed E-state index contributed by atoms with van der Waals surface area (Å²) in [7, 11) is 1.47. The van der Waals surface area contributed by atoms with Gasteiger partial charge in [0.05, 0.1) is 19.1 Å². The maximum Gasteiger partial charge on any atom is 0.308 e. The van der Waals surface area contributed by atoms with Gasteiger partial charge >= 0.3 is 5.97 Å². The second kappa shape index (κ2) is 6.97. The Hall–Kier alpha value is -1.51. The van der Waals surface area contributed by atoms with Crippen LogP contribution in [0.4, 0.5) is 0 Å². The molecule has 0 amide bonds. The van der Waals surface area contributed by atoms with Crippen molar-refractivity contribution in [2.75, 3.05) is 7.11 Å². The minimum absolute atomic E-state index is 0.0458. The zero-order chi connectivity index (χ0) is 15.4. The van der Waals surface area contributed by atoms with Crippen molar-refractivity contribution in [1.29, 1.82) is 0 Å². The van der Waals surface area contributed by atoms with Crippen LogP contribution in [0.3, 0.4) is 0 Å². The first-order chi connectivity index (χ1) is 10.0. The summed E-state index contributed by atoms with van der Waals surface area (Å²) in [5.41, 5.74) is 1.34. The number of methoxy groups -OCH3 is 1. The lowest BCUT2D eigenvalue weighted by Crippen LogP contribution is -2.07. The summed E-state index contributed by atoms with van der Waals surface area (Å²) in [5, 5.41) is 0. The van der Waals surface area contributed by atoms with E-state index in [2.05, 4.69) is 19.1 Å². The fourth-order valence-electron chi connectivity index (χ4n) is 2.94. The number of carbonyl (C=O) groups is 1. The van der Waals surface area contributed by atoms with Crippen molar-refractivity contribution in [2.45, 2.75) is 52.1 Å². The molecule has 0 bridgehead atoms. The Morgan fingerprint density at radius 2 is 1.95 bits per heavy atom. The van der Waals surface area contributed by atoms with Gasteiger partial charge in [-0.15, -0.1) is 0 Å². The van der Waals surface area contributed by atoms with E-state index in [0.29, 0.717) is 11.8 Å². The number of benzene rings is 1. The van der Waals surface area contributed by atoms with Crippen molar-refractivity contribution in [3.05, 3.63) is 29.8 Å². The largest absolute Gasteiger partial charge is 0.491 e. The lowest BCUT2D eigenvalue weighted by molar-refractivity contribution is -0.142. The Morgan fingerprint density at radius 3 is 2.48 bits per heavy atom. The van der Waals surface area contributed by atoms with E-state index in [0.717, 1.165) is 25.0 Å². The molecule has 3 atom stereocenters. The minimum atomic E-state index is -0.0458. The van der Waals surface area contributed by atoms with E-state index in [4.69, 9.17) is 9.47 Å². The van der Waals surface area contributed by atoms with Gasteiger partial charge in [0.25, 0.3) is 0 Å². The second-order valence-electron chi connectivity index (χ2n) is 6.20. The Balaban J connectivity index is 1.94. The van der Waals surface area contributed by atoms with Crippen molar-refractivity contribution >= 4 is 5.97 Å². The summed E-state index contributed by atoms with van der Waals surface area (Å²) >= 11 is 0. The molecule has 1 fully saturated rings. The van der Waals surface area contributed by atoms with Crippen molar-refractivity contribution in [1.82, 2.24) is 0 Å². The fourth-order valence-corrected chi connectivity index (χ4v) is 2.94. The molecule has 3 heteroatoms. The van der Waals surface area contributed by atoms with E-state index in [-0.39, 0.29) is 18.0 Å². The average Bonchev–Trinajstić information content (AvgIpc) is 3.23. The molecule has 0 spiro atoms. The lowest BCUT2D eigenvalue weighted by atomic mass is 9.90. The van der Waals surface area contributed by atoms with E-state index in [1.54, 1.807) is 0 Å². The first kappa shape index (κ1) is 15.9. The zero-order valence-corrected chi connectivity index (χ0v) is 13.5. The van der Waals surface area contributed by atoms with Gasteiger partial charge in [-0.05, 0) is 62.6 Å². The van der Waals surface area contributed by atoms with Crippen LogP contribution in [0.5, 0.6) is 5.75 Å². The third-order valence-electron chi connectivity index (χ3n) is 4.23. The summed E-state index contributed by atoms with van der Waals surface area (Å²) in [6.45, 7) is 6.27. The molecule has 1 saturated carbocycles. The van der Waals surface area contributed by atoms with Gasteiger partial charge in [0, 0.05) is 0 Å². The molecule has 116 valence electrons. The fraction of sp³-hybridized carbons (Fsp3) is 0.611.